The highest BCUT2D eigenvalue weighted by molar-refractivity contribution is 5.97. The minimum atomic E-state index is 0.131. The van der Waals surface area contributed by atoms with E-state index in [1.165, 1.54) is 36.1 Å². The Kier molecular flexibility index (Phi) is 4.60. The van der Waals surface area contributed by atoms with Gasteiger partial charge in [-0.2, -0.15) is 5.10 Å². The largest absolute Gasteiger partial charge is 0.273 e. The normalized spacial score (nSPS) is 25.2. The molecule has 0 radical (unpaired) electrons. The molecular weight excluding hydrogens is 272 g/mol. The van der Waals surface area contributed by atoms with E-state index < -0.39 is 0 Å². The van der Waals surface area contributed by atoms with E-state index in [0.717, 1.165) is 19.3 Å². The maximum Gasteiger partial charge on any atom is 0.243 e. The molecule has 2 unspecified atom stereocenters. The van der Waals surface area contributed by atoms with Crippen LogP contribution in [0, 0.1) is 11.8 Å². The van der Waals surface area contributed by atoms with Gasteiger partial charge in [0.25, 0.3) is 0 Å². The minimum absolute atomic E-state index is 0.131. The third-order valence-corrected chi connectivity index (χ3v) is 5.09. The lowest BCUT2D eigenvalue weighted by molar-refractivity contribution is -0.126. The molecule has 1 aliphatic carbocycles. The topological polar surface area (TPSA) is 41.5 Å². The van der Waals surface area contributed by atoms with Crippen molar-refractivity contribution >= 4 is 11.6 Å². The number of nitrogens with zero attached hydrogens (tertiary/aromatic N) is 1. The first-order chi connectivity index (χ1) is 10.6. The van der Waals surface area contributed by atoms with Crippen molar-refractivity contribution in [3.63, 3.8) is 0 Å². The van der Waals surface area contributed by atoms with Crippen molar-refractivity contribution < 1.29 is 4.79 Å². The first-order valence-corrected chi connectivity index (χ1v) is 8.60. The molecule has 1 fully saturated rings. The molecule has 1 aliphatic heterocycles. The number of hydrazone groups is 1. The van der Waals surface area contributed by atoms with Gasteiger partial charge in [0.1, 0.15) is 0 Å². The first-order valence-electron chi connectivity index (χ1n) is 8.60. The average Bonchev–Trinajstić information content (AvgIpc) is 2.77. The second kappa shape index (κ2) is 6.64. The van der Waals surface area contributed by atoms with E-state index in [1.807, 2.05) is 0 Å². The van der Waals surface area contributed by atoms with Crippen molar-refractivity contribution in [1.29, 1.82) is 0 Å². The fourth-order valence-corrected chi connectivity index (χ4v) is 3.75. The molecule has 1 aromatic rings. The molecule has 0 saturated heterocycles. The van der Waals surface area contributed by atoms with Crippen LogP contribution < -0.4 is 5.43 Å². The zero-order valence-corrected chi connectivity index (χ0v) is 13.6. The Balaban J connectivity index is 1.81. The lowest BCUT2D eigenvalue weighted by Gasteiger charge is -2.29. The maximum atomic E-state index is 12.1. The molecular formula is C19H26N2O. The van der Waals surface area contributed by atoms with Crippen molar-refractivity contribution in [2.75, 3.05) is 0 Å². The second-order valence-electron chi connectivity index (χ2n) is 7.01. The van der Waals surface area contributed by atoms with Crippen molar-refractivity contribution in [3.05, 3.63) is 35.4 Å². The summed E-state index contributed by atoms with van der Waals surface area (Å²) >= 11 is 0. The molecule has 1 amide bonds. The number of benzene rings is 1. The molecule has 1 aromatic carbocycles. The molecule has 1 heterocycles. The fourth-order valence-electron chi connectivity index (χ4n) is 3.75. The lowest BCUT2D eigenvalue weighted by Crippen LogP contribution is -2.42. The van der Waals surface area contributed by atoms with Crippen LogP contribution in [0.1, 0.15) is 63.0 Å². The third kappa shape index (κ3) is 3.23. The Labute approximate surface area is 133 Å². The van der Waals surface area contributed by atoms with Gasteiger partial charge in [0.2, 0.25) is 5.91 Å². The van der Waals surface area contributed by atoms with Crippen LogP contribution >= 0.6 is 0 Å². The lowest BCUT2D eigenvalue weighted by atomic mass is 9.80. The van der Waals surface area contributed by atoms with Crippen LogP contribution in [0.5, 0.6) is 0 Å². The maximum absolute atomic E-state index is 12.1. The average molecular weight is 298 g/mol. The number of carbonyl (C=O) groups is 1. The zero-order valence-electron chi connectivity index (χ0n) is 13.6. The first kappa shape index (κ1) is 15.3. The van der Waals surface area contributed by atoms with Gasteiger partial charge in [-0.15, -0.1) is 0 Å². The second-order valence-corrected chi connectivity index (χ2v) is 7.01. The monoisotopic (exact) mass is 298 g/mol. The van der Waals surface area contributed by atoms with Crippen molar-refractivity contribution in [2.45, 2.75) is 58.3 Å². The summed E-state index contributed by atoms with van der Waals surface area (Å²) in [4.78, 5) is 12.1. The Morgan fingerprint density at radius 1 is 1.18 bits per heavy atom. The molecule has 2 atom stereocenters. The Bertz CT molecular complexity index is 577. The molecule has 3 heteroatoms. The van der Waals surface area contributed by atoms with E-state index in [9.17, 15) is 4.79 Å². The van der Waals surface area contributed by atoms with Gasteiger partial charge in [0, 0.05) is 24.0 Å². The minimum Gasteiger partial charge on any atom is -0.273 e. The van der Waals surface area contributed by atoms with Crippen LogP contribution in [-0.4, -0.2) is 11.6 Å². The fraction of sp³-hybridized carbons (Fsp3) is 0.579. The summed E-state index contributed by atoms with van der Waals surface area (Å²) in [6.07, 6.45) is 6.63. The summed E-state index contributed by atoms with van der Waals surface area (Å²) in [6.45, 7) is 4.44. The third-order valence-electron chi connectivity index (χ3n) is 5.09. The number of amides is 1. The highest BCUT2D eigenvalue weighted by Crippen LogP contribution is 2.33. The molecule has 118 valence electrons. The van der Waals surface area contributed by atoms with Crippen LogP contribution in [0.25, 0.3) is 0 Å². The summed E-state index contributed by atoms with van der Waals surface area (Å²) in [5, 5.41) is 4.42. The molecule has 0 aromatic heterocycles. The molecule has 3 nitrogen and oxygen atoms in total. The van der Waals surface area contributed by atoms with Gasteiger partial charge in [-0.3, -0.25) is 4.79 Å². The van der Waals surface area contributed by atoms with E-state index in [4.69, 9.17) is 0 Å². The van der Waals surface area contributed by atoms with E-state index in [-0.39, 0.29) is 11.8 Å². The van der Waals surface area contributed by atoms with Gasteiger partial charge >= 0.3 is 0 Å². The van der Waals surface area contributed by atoms with Gasteiger partial charge in [0.15, 0.2) is 0 Å². The van der Waals surface area contributed by atoms with Crippen molar-refractivity contribution in [3.8, 4) is 0 Å². The molecule has 0 bridgehead atoms. The molecule has 2 aliphatic rings. The number of carbonyl (C=O) groups excluding carboxylic acids is 1. The zero-order chi connectivity index (χ0) is 15.5. The van der Waals surface area contributed by atoms with E-state index in [1.54, 1.807) is 0 Å². The molecule has 1 N–H and O–H groups in total. The van der Waals surface area contributed by atoms with Gasteiger partial charge in [0.05, 0.1) is 0 Å². The number of hydrogen-bond acceptors (Lipinski definition) is 2. The predicted octanol–water partition coefficient (Wildman–Crippen LogP) is 4.03. The number of hydrogen-bond donors (Lipinski definition) is 1. The summed E-state index contributed by atoms with van der Waals surface area (Å²) in [6, 6.07) is 8.79. The summed E-state index contributed by atoms with van der Waals surface area (Å²) < 4.78 is 0. The van der Waals surface area contributed by atoms with E-state index in [0.29, 0.717) is 11.8 Å². The molecule has 3 rings (SSSR count). The summed E-state index contributed by atoms with van der Waals surface area (Å²) in [7, 11) is 0. The Hall–Kier alpha value is -1.64. The Morgan fingerprint density at radius 2 is 1.95 bits per heavy atom. The number of rotatable bonds is 3. The quantitative estimate of drug-likeness (QED) is 0.899. The summed E-state index contributed by atoms with van der Waals surface area (Å²) in [5.41, 5.74) is 6.62. The molecule has 1 saturated carbocycles. The van der Waals surface area contributed by atoms with E-state index >= 15 is 0 Å². The smallest absolute Gasteiger partial charge is 0.243 e. The van der Waals surface area contributed by atoms with Crippen LogP contribution in [0.4, 0.5) is 0 Å². The van der Waals surface area contributed by atoms with Crippen LogP contribution in [0.3, 0.4) is 0 Å². The molecule has 22 heavy (non-hydrogen) atoms. The van der Waals surface area contributed by atoms with Crippen LogP contribution in [-0.2, 0) is 11.2 Å². The number of nitrogens with one attached hydrogen (secondary N) is 1. The standard InChI is InChI=1S/C19H26N2O/c1-13(2)15-8-6-7-14(11-15)12-18-16-9-4-3-5-10-17(16)19(22)21-20-18/h6-8,11,13,16-17H,3-5,9-10,12H2,1-2H3,(H,21,22). The van der Waals surface area contributed by atoms with Gasteiger partial charge in [-0.25, -0.2) is 5.43 Å². The van der Waals surface area contributed by atoms with Crippen molar-refractivity contribution in [2.24, 2.45) is 16.9 Å². The van der Waals surface area contributed by atoms with Gasteiger partial charge in [-0.1, -0.05) is 57.4 Å². The van der Waals surface area contributed by atoms with Crippen LogP contribution in [0.2, 0.25) is 0 Å². The van der Waals surface area contributed by atoms with Crippen molar-refractivity contribution in [1.82, 2.24) is 5.43 Å². The predicted molar refractivity (Wildman–Crippen MR) is 89.9 cm³/mol. The van der Waals surface area contributed by atoms with Gasteiger partial charge in [-0.05, 0) is 29.9 Å². The van der Waals surface area contributed by atoms with E-state index in [2.05, 4.69) is 48.6 Å². The van der Waals surface area contributed by atoms with Gasteiger partial charge < -0.3 is 0 Å². The SMILES string of the molecule is CC(C)c1cccc(CC2=NNC(=O)C3CCCCCC23)c1. The highest BCUT2D eigenvalue weighted by atomic mass is 16.2. The van der Waals surface area contributed by atoms with Crippen LogP contribution in [0.15, 0.2) is 29.4 Å². The Morgan fingerprint density at radius 3 is 2.73 bits per heavy atom. The summed E-state index contributed by atoms with van der Waals surface area (Å²) in [5.74, 6) is 1.16. The highest BCUT2D eigenvalue weighted by Gasteiger charge is 2.35. The number of fused-ring (bicyclic) bond motifs is 1. The molecule has 0 spiro atoms.